The van der Waals surface area contributed by atoms with Crippen LogP contribution in [0, 0.1) is 0 Å². The standard InChI is InChI=1S/C11H19N3OS/c1-3-8(12)7(2)11-13-10(14-15-11)9-5-4-6-16-9/h7-9H,3-6,12H2,1-2H3. The van der Waals surface area contributed by atoms with Crippen LogP contribution in [0.2, 0.25) is 0 Å². The highest BCUT2D eigenvalue weighted by molar-refractivity contribution is 7.99. The van der Waals surface area contributed by atoms with Gasteiger partial charge in [-0.2, -0.15) is 16.7 Å². The molecule has 16 heavy (non-hydrogen) atoms. The van der Waals surface area contributed by atoms with Gasteiger partial charge in [-0.1, -0.05) is 19.0 Å². The second-order valence-corrected chi connectivity index (χ2v) is 5.66. The summed E-state index contributed by atoms with van der Waals surface area (Å²) in [6.07, 6.45) is 3.35. The maximum Gasteiger partial charge on any atom is 0.231 e. The molecule has 3 unspecified atom stereocenters. The quantitative estimate of drug-likeness (QED) is 0.877. The minimum atomic E-state index is 0.101. The molecule has 0 saturated carbocycles. The molecule has 1 aliphatic heterocycles. The van der Waals surface area contributed by atoms with E-state index in [0.717, 1.165) is 18.7 Å². The lowest BCUT2D eigenvalue weighted by atomic mass is 10.0. The van der Waals surface area contributed by atoms with Crippen LogP contribution < -0.4 is 5.73 Å². The van der Waals surface area contributed by atoms with Gasteiger partial charge in [0.05, 0.1) is 11.2 Å². The summed E-state index contributed by atoms with van der Waals surface area (Å²) in [5, 5.41) is 4.51. The molecule has 1 saturated heterocycles. The Labute approximate surface area is 100 Å². The van der Waals surface area contributed by atoms with E-state index in [1.807, 2.05) is 18.7 Å². The third kappa shape index (κ3) is 2.40. The van der Waals surface area contributed by atoms with Crippen LogP contribution in [0.15, 0.2) is 4.52 Å². The first-order valence-electron chi connectivity index (χ1n) is 5.93. The second kappa shape index (κ2) is 5.19. The Hall–Kier alpha value is -0.550. The van der Waals surface area contributed by atoms with Crippen LogP contribution in [-0.2, 0) is 0 Å². The van der Waals surface area contributed by atoms with Gasteiger partial charge in [0, 0.05) is 6.04 Å². The second-order valence-electron chi connectivity index (χ2n) is 4.35. The molecule has 3 atom stereocenters. The normalized spacial score (nSPS) is 24.6. The minimum absolute atomic E-state index is 0.101. The Morgan fingerprint density at radius 1 is 1.62 bits per heavy atom. The maximum atomic E-state index is 5.98. The summed E-state index contributed by atoms with van der Waals surface area (Å²) < 4.78 is 5.31. The largest absolute Gasteiger partial charge is 0.339 e. The van der Waals surface area contributed by atoms with E-state index in [1.165, 1.54) is 12.2 Å². The predicted molar refractivity (Wildman–Crippen MR) is 65.4 cm³/mol. The average Bonchev–Trinajstić information content (AvgIpc) is 2.96. The summed E-state index contributed by atoms with van der Waals surface area (Å²) in [6.45, 7) is 4.12. The molecule has 2 rings (SSSR count). The van der Waals surface area contributed by atoms with Crippen LogP contribution in [0.1, 0.15) is 56.0 Å². The van der Waals surface area contributed by atoms with Gasteiger partial charge in [0.15, 0.2) is 5.82 Å². The maximum absolute atomic E-state index is 5.98. The molecule has 2 N–H and O–H groups in total. The number of nitrogens with two attached hydrogens (primary N) is 1. The van der Waals surface area contributed by atoms with Crippen LogP contribution in [-0.4, -0.2) is 21.9 Å². The molecule has 0 amide bonds. The van der Waals surface area contributed by atoms with E-state index in [-0.39, 0.29) is 12.0 Å². The number of hydrogen-bond acceptors (Lipinski definition) is 5. The predicted octanol–water partition coefficient (Wildman–Crippen LogP) is 2.48. The van der Waals surface area contributed by atoms with Crippen LogP contribution in [0.5, 0.6) is 0 Å². The fourth-order valence-corrected chi connectivity index (χ4v) is 3.08. The summed E-state index contributed by atoms with van der Waals surface area (Å²) in [4.78, 5) is 4.48. The molecule has 1 fully saturated rings. The van der Waals surface area contributed by atoms with Gasteiger partial charge < -0.3 is 10.3 Å². The summed E-state index contributed by atoms with van der Waals surface area (Å²) >= 11 is 1.92. The van der Waals surface area contributed by atoms with Crippen molar-refractivity contribution in [2.75, 3.05) is 5.75 Å². The minimum Gasteiger partial charge on any atom is -0.339 e. The molecule has 4 nitrogen and oxygen atoms in total. The number of rotatable bonds is 4. The fraction of sp³-hybridized carbons (Fsp3) is 0.818. The van der Waals surface area contributed by atoms with E-state index in [1.54, 1.807) is 0 Å². The first-order valence-corrected chi connectivity index (χ1v) is 6.98. The summed E-state index contributed by atoms with van der Waals surface area (Å²) in [5.41, 5.74) is 5.98. The van der Waals surface area contributed by atoms with E-state index in [9.17, 15) is 0 Å². The van der Waals surface area contributed by atoms with Crippen molar-refractivity contribution in [3.63, 3.8) is 0 Å². The van der Waals surface area contributed by atoms with Gasteiger partial charge in [-0.25, -0.2) is 0 Å². The van der Waals surface area contributed by atoms with Crippen molar-refractivity contribution >= 4 is 11.8 Å². The third-order valence-corrected chi connectivity index (χ3v) is 4.55. The van der Waals surface area contributed by atoms with Crippen LogP contribution in [0.3, 0.4) is 0 Å². The third-order valence-electron chi connectivity index (χ3n) is 3.18. The number of hydrogen-bond donors (Lipinski definition) is 1. The van der Waals surface area contributed by atoms with Crippen molar-refractivity contribution in [2.45, 2.75) is 50.3 Å². The number of aromatic nitrogens is 2. The molecule has 0 spiro atoms. The zero-order valence-electron chi connectivity index (χ0n) is 9.85. The van der Waals surface area contributed by atoms with Crippen LogP contribution in [0.4, 0.5) is 0 Å². The van der Waals surface area contributed by atoms with Crippen LogP contribution in [0.25, 0.3) is 0 Å². The van der Waals surface area contributed by atoms with Gasteiger partial charge in [0.2, 0.25) is 5.89 Å². The van der Waals surface area contributed by atoms with Crippen molar-refractivity contribution in [3.8, 4) is 0 Å². The highest BCUT2D eigenvalue weighted by atomic mass is 32.2. The van der Waals surface area contributed by atoms with Crippen molar-refractivity contribution in [1.82, 2.24) is 10.1 Å². The molecular formula is C11H19N3OS. The molecule has 90 valence electrons. The SMILES string of the molecule is CCC(N)C(C)c1nc(C2CCCS2)no1. The Balaban J connectivity index is 2.06. The molecule has 1 aliphatic rings. The van der Waals surface area contributed by atoms with Crippen molar-refractivity contribution < 1.29 is 4.52 Å². The molecule has 1 aromatic rings. The first kappa shape index (κ1) is 11.9. The average molecular weight is 241 g/mol. The molecule has 0 aromatic carbocycles. The summed E-state index contributed by atoms with van der Waals surface area (Å²) in [5.74, 6) is 2.90. The molecule has 0 radical (unpaired) electrons. The Morgan fingerprint density at radius 3 is 3.06 bits per heavy atom. The zero-order valence-corrected chi connectivity index (χ0v) is 10.7. The van der Waals surface area contributed by atoms with E-state index in [2.05, 4.69) is 17.1 Å². The Bertz CT molecular complexity index is 336. The number of thioether (sulfide) groups is 1. The van der Waals surface area contributed by atoms with Crippen molar-refractivity contribution in [1.29, 1.82) is 0 Å². The monoisotopic (exact) mass is 241 g/mol. The molecule has 2 heterocycles. The van der Waals surface area contributed by atoms with Gasteiger partial charge in [-0.15, -0.1) is 0 Å². The van der Waals surface area contributed by atoms with Gasteiger partial charge in [0.1, 0.15) is 0 Å². The van der Waals surface area contributed by atoms with E-state index in [4.69, 9.17) is 10.3 Å². The summed E-state index contributed by atoms with van der Waals surface area (Å²) in [6, 6.07) is 0.101. The lowest BCUT2D eigenvalue weighted by Crippen LogP contribution is -2.25. The summed E-state index contributed by atoms with van der Waals surface area (Å²) in [7, 11) is 0. The molecular weight excluding hydrogens is 222 g/mol. The molecule has 0 bridgehead atoms. The molecule has 5 heteroatoms. The van der Waals surface area contributed by atoms with Gasteiger partial charge >= 0.3 is 0 Å². The molecule has 1 aromatic heterocycles. The lowest BCUT2D eigenvalue weighted by Gasteiger charge is -2.13. The number of nitrogens with zero attached hydrogens (tertiary/aromatic N) is 2. The fourth-order valence-electron chi connectivity index (χ4n) is 1.88. The van der Waals surface area contributed by atoms with Gasteiger partial charge in [-0.3, -0.25) is 0 Å². The van der Waals surface area contributed by atoms with Gasteiger partial charge in [-0.05, 0) is 25.0 Å². The van der Waals surface area contributed by atoms with E-state index in [0.29, 0.717) is 11.1 Å². The van der Waals surface area contributed by atoms with E-state index < -0.39 is 0 Å². The Morgan fingerprint density at radius 2 is 2.44 bits per heavy atom. The smallest absolute Gasteiger partial charge is 0.231 e. The highest BCUT2D eigenvalue weighted by Gasteiger charge is 2.25. The highest BCUT2D eigenvalue weighted by Crippen LogP contribution is 2.38. The van der Waals surface area contributed by atoms with Crippen molar-refractivity contribution in [2.24, 2.45) is 5.73 Å². The van der Waals surface area contributed by atoms with Crippen LogP contribution >= 0.6 is 11.8 Å². The van der Waals surface area contributed by atoms with Gasteiger partial charge in [0.25, 0.3) is 0 Å². The van der Waals surface area contributed by atoms with E-state index >= 15 is 0 Å². The Kier molecular flexibility index (Phi) is 3.86. The van der Waals surface area contributed by atoms with Crippen molar-refractivity contribution in [3.05, 3.63) is 11.7 Å². The lowest BCUT2D eigenvalue weighted by molar-refractivity contribution is 0.336. The zero-order chi connectivity index (χ0) is 11.5. The topological polar surface area (TPSA) is 64.9 Å². The molecule has 0 aliphatic carbocycles. The first-order chi connectivity index (χ1) is 7.72.